The summed E-state index contributed by atoms with van der Waals surface area (Å²) in [6.45, 7) is 0.518. The second-order valence-corrected chi connectivity index (χ2v) is 3.49. The fraction of sp³-hybridized carbons (Fsp3) is 0.444. The molecule has 0 saturated heterocycles. The highest BCUT2D eigenvalue weighted by atomic mass is 79.9. The van der Waals surface area contributed by atoms with E-state index in [2.05, 4.69) is 20.9 Å². The highest BCUT2D eigenvalue weighted by molar-refractivity contribution is 9.10. The van der Waals surface area contributed by atoms with E-state index in [0.717, 1.165) is 29.4 Å². The van der Waals surface area contributed by atoms with Crippen LogP contribution in [-0.4, -0.2) is 11.5 Å². The standard InChI is InChI=1S/C9H12BrN2/c10-8-4-3-7-12-9(8)5-1-2-6-11/h3-4,7,11H,1-2,5-6H2. The third-order valence-electron chi connectivity index (χ3n) is 1.68. The third kappa shape index (κ3) is 2.91. The van der Waals surface area contributed by atoms with Crippen molar-refractivity contribution in [2.24, 2.45) is 0 Å². The lowest BCUT2D eigenvalue weighted by atomic mass is 10.2. The molecular weight excluding hydrogens is 216 g/mol. The van der Waals surface area contributed by atoms with Gasteiger partial charge in [0.1, 0.15) is 0 Å². The molecule has 1 heterocycles. The van der Waals surface area contributed by atoms with Crippen LogP contribution in [0.3, 0.4) is 0 Å². The molecule has 0 amide bonds. The van der Waals surface area contributed by atoms with E-state index in [1.807, 2.05) is 12.1 Å². The third-order valence-corrected chi connectivity index (χ3v) is 2.40. The van der Waals surface area contributed by atoms with Gasteiger partial charge in [0.25, 0.3) is 0 Å². The molecule has 0 unspecified atom stereocenters. The number of pyridine rings is 1. The Morgan fingerprint density at radius 1 is 1.42 bits per heavy atom. The van der Waals surface area contributed by atoms with Gasteiger partial charge in [-0.05, 0) is 47.3 Å². The molecule has 0 aromatic carbocycles. The number of nitrogens with zero attached hydrogens (tertiary/aromatic N) is 1. The fourth-order valence-electron chi connectivity index (χ4n) is 1.02. The van der Waals surface area contributed by atoms with Gasteiger partial charge >= 0.3 is 0 Å². The summed E-state index contributed by atoms with van der Waals surface area (Å²) in [5.41, 5.74) is 8.09. The first-order valence-corrected chi connectivity index (χ1v) is 4.88. The number of aromatic nitrogens is 1. The van der Waals surface area contributed by atoms with Crippen LogP contribution in [0.1, 0.15) is 18.5 Å². The van der Waals surface area contributed by atoms with Gasteiger partial charge in [-0.25, -0.2) is 0 Å². The molecule has 1 aromatic rings. The van der Waals surface area contributed by atoms with Crippen LogP contribution in [0.25, 0.3) is 0 Å². The Balaban J connectivity index is 2.46. The van der Waals surface area contributed by atoms with Gasteiger partial charge < -0.3 is 0 Å². The maximum atomic E-state index is 6.99. The quantitative estimate of drug-likeness (QED) is 0.729. The molecule has 0 atom stereocenters. The van der Waals surface area contributed by atoms with Gasteiger partial charge in [0, 0.05) is 17.2 Å². The van der Waals surface area contributed by atoms with E-state index in [1.54, 1.807) is 6.20 Å². The zero-order valence-corrected chi connectivity index (χ0v) is 8.47. The Morgan fingerprint density at radius 3 is 2.92 bits per heavy atom. The van der Waals surface area contributed by atoms with Gasteiger partial charge in [-0.15, -0.1) is 0 Å². The Bertz CT molecular complexity index is 238. The van der Waals surface area contributed by atoms with Crippen molar-refractivity contribution in [3.63, 3.8) is 0 Å². The van der Waals surface area contributed by atoms with Crippen LogP contribution in [-0.2, 0) is 6.42 Å². The average Bonchev–Trinajstić information content (AvgIpc) is 2.09. The molecule has 1 N–H and O–H groups in total. The highest BCUT2D eigenvalue weighted by Gasteiger charge is 1.98. The first kappa shape index (κ1) is 9.68. The zero-order valence-electron chi connectivity index (χ0n) is 6.89. The van der Waals surface area contributed by atoms with E-state index >= 15 is 0 Å². The van der Waals surface area contributed by atoms with Crippen LogP contribution >= 0.6 is 15.9 Å². The number of hydrogen-bond acceptors (Lipinski definition) is 1. The maximum Gasteiger partial charge on any atom is 0.0545 e. The molecule has 0 fully saturated rings. The van der Waals surface area contributed by atoms with Crippen LogP contribution in [0.2, 0.25) is 0 Å². The van der Waals surface area contributed by atoms with Crippen molar-refractivity contribution < 1.29 is 0 Å². The molecule has 1 rings (SSSR count). The summed E-state index contributed by atoms with van der Waals surface area (Å²) < 4.78 is 1.08. The summed E-state index contributed by atoms with van der Waals surface area (Å²) >= 11 is 3.44. The summed E-state index contributed by atoms with van der Waals surface area (Å²) in [4.78, 5) is 4.24. The molecule has 1 radical (unpaired) electrons. The molecule has 1 aromatic heterocycles. The van der Waals surface area contributed by atoms with E-state index in [4.69, 9.17) is 5.73 Å². The Morgan fingerprint density at radius 2 is 2.25 bits per heavy atom. The average molecular weight is 228 g/mol. The van der Waals surface area contributed by atoms with Crippen LogP contribution < -0.4 is 5.73 Å². The van der Waals surface area contributed by atoms with Crippen molar-refractivity contribution >= 4 is 15.9 Å². The van der Waals surface area contributed by atoms with Crippen LogP contribution in [0.4, 0.5) is 0 Å². The molecule has 0 spiro atoms. The second kappa shape index (κ2) is 5.27. The highest BCUT2D eigenvalue weighted by Crippen LogP contribution is 2.14. The lowest BCUT2D eigenvalue weighted by Gasteiger charge is -2.00. The minimum atomic E-state index is 0.518. The van der Waals surface area contributed by atoms with E-state index in [0.29, 0.717) is 6.54 Å². The van der Waals surface area contributed by atoms with Gasteiger partial charge in [-0.1, -0.05) is 0 Å². The predicted molar refractivity (Wildman–Crippen MR) is 52.8 cm³/mol. The smallest absolute Gasteiger partial charge is 0.0545 e. The summed E-state index contributed by atoms with van der Waals surface area (Å²) in [6.07, 6.45) is 4.79. The summed E-state index contributed by atoms with van der Waals surface area (Å²) in [6, 6.07) is 3.92. The van der Waals surface area contributed by atoms with Gasteiger partial charge in [0.15, 0.2) is 0 Å². The fourth-order valence-corrected chi connectivity index (χ4v) is 1.47. The first-order valence-electron chi connectivity index (χ1n) is 4.08. The van der Waals surface area contributed by atoms with Crippen LogP contribution in [0.15, 0.2) is 22.8 Å². The van der Waals surface area contributed by atoms with Crippen molar-refractivity contribution in [1.29, 1.82) is 0 Å². The molecule has 0 aliphatic rings. The Kier molecular flexibility index (Phi) is 4.25. The normalized spacial score (nSPS) is 10.2. The van der Waals surface area contributed by atoms with Gasteiger partial charge in [-0.2, -0.15) is 0 Å². The number of unbranched alkanes of at least 4 members (excludes halogenated alkanes) is 1. The molecule has 0 bridgehead atoms. The molecule has 0 saturated carbocycles. The maximum absolute atomic E-state index is 6.99. The largest absolute Gasteiger partial charge is 0.260 e. The molecule has 0 aliphatic carbocycles. The van der Waals surface area contributed by atoms with Crippen molar-refractivity contribution in [2.75, 3.05) is 6.54 Å². The van der Waals surface area contributed by atoms with E-state index in [1.165, 1.54) is 0 Å². The van der Waals surface area contributed by atoms with Gasteiger partial charge in [0.2, 0.25) is 0 Å². The molecule has 0 aliphatic heterocycles. The molecule has 2 nitrogen and oxygen atoms in total. The van der Waals surface area contributed by atoms with Crippen molar-refractivity contribution in [2.45, 2.75) is 19.3 Å². The summed E-state index contributed by atoms with van der Waals surface area (Å²) in [5, 5.41) is 0. The number of rotatable bonds is 4. The van der Waals surface area contributed by atoms with E-state index < -0.39 is 0 Å². The predicted octanol–water partition coefficient (Wildman–Crippen LogP) is 2.45. The van der Waals surface area contributed by atoms with Crippen molar-refractivity contribution in [3.05, 3.63) is 28.5 Å². The second-order valence-electron chi connectivity index (χ2n) is 2.64. The molecule has 3 heteroatoms. The van der Waals surface area contributed by atoms with Crippen LogP contribution in [0, 0.1) is 0 Å². The lowest BCUT2D eigenvalue weighted by molar-refractivity contribution is 0.722. The number of halogens is 1. The summed E-state index contributed by atoms with van der Waals surface area (Å²) in [7, 11) is 0. The minimum Gasteiger partial charge on any atom is -0.260 e. The van der Waals surface area contributed by atoms with Gasteiger partial charge in [-0.3, -0.25) is 10.7 Å². The molecule has 12 heavy (non-hydrogen) atoms. The summed E-state index contributed by atoms with van der Waals surface area (Å²) in [5.74, 6) is 0. The zero-order chi connectivity index (χ0) is 8.81. The first-order chi connectivity index (χ1) is 5.84. The van der Waals surface area contributed by atoms with Crippen molar-refractivity contribution in [3.8, 4) is 0 Å². The van der Waals surface area contributed by atoms with E-state index in [-0.39, 0.29) is 0 Å². The van der Waals surface area contributed by atoms with Crippen LogP contribution in [0.5, 0.6) is 0 Å². The molecular formula is C9H12BrN2. The Hall–Kier alpha value is -0.410. The van der Waals surface area contributed by atoms with Crippen molar-refractivity contribution in [1.82, 2.24) is 10.7 Å². The molecule has 65 valence electrons. The van der Waals surface area contributed by atoms with Gasteiger partial charge in [0.05, 0.1) is 5.69 Å². The monoisotopic (exact) mass is 227 g/mol. The number of aryl methyl sites for hydroxylation is 1. The topological polar surface area (TPSA) is 36.7 Å². The Labute approximate surface area is 81.3 Å². The van der Waals surface area contributed by atoms with E-state index in [9.17, 15) is 0 Å². The number of hydrogen-bond donors (Lipinski definition) is 0. The number of nitrogens with one attached hydrogen (secondary N) is 1. The lowest BCUT2D eigenvalue weighted by Crippen LogP contribution is -1.93. The minimum absolute atomic E-state index is 0.518. The SMILES string of the molecule is [NH]CCCCc1ncccc1Br.